The number of thiazole rings is 1. The molecular weight excluding hydrogens is 450 g/mol. The molecule has 0 spiro atoms. The summed E-state index contributed by atoms with van der Waals surface area (Å²) in [6, 6.07) is 12.4. The second-order valence-corrected chi connectivity index (χ2v) is 9.60. The zero-order chi connectivity index (χ0) is 23.7. The summed E-state index contributed by atoms with van der Waals surface area (Å²) in [5.41, 5.74) is 3.36. The number of amides is 1. The van der Waals surface area contributed by atoms with Crippen LogP contribution in [0.1, 0.15) is 28.1 Å². The number of nitrogens with zero attached hydrogens (tertiary/aromatic N) is 3. The van der Waals surface area contributed by atoms with E-state index in [0.29, 0.717) is 22.6 Å². The fourth-order valence-corrected chi connectivity index (χ4v) is 5.28. The third-order valence-corrected chi connectivity index (χ3v) is 7.40. The van der Waals surface area contributed by atoms with Crippen molar-refractivity contribution in [1.82, 2.24) is 9.88 Å². The van der Waals surface area contributed by atoms with Crippen molar-refractivity contribution in [3.8, 4) is 0 Å². The summed E-state index contributed by atoms with van der Waals surface area (Å²) in [5.74, 6) is -0.319. The van der Waals surface area contributed by atoms with E-state index in [-0.39, 0.29) is 17.1 Å². The van der Waals surface area contributed by atoms with Crippen molar-refractivity contribution in [3.63, 3.8) is 0 Å². The molecule has 1 saturated heterocycles. The van der Waals surface area contributed by atoms with Crippen molar-refractivity contribution >= 4 is 43.6 Å². The first-order valence-corrected chi connectivity index (χ1v) is 12.3. The van der Waals surface area contributed by atoms with Crippen LogP contribution in [0.3, 0.4) is 0 Å². The van der Waals surface area contributed by atoms with Crippen molar-refractivity contribution in [2.24, 2.45) is 0 Å². The molecule has 0 atom stereocenters. The van der Waals surface area contributed by atoms with Gasteiger partial charge in [-0.15, -0.1) is 0 Å². The Bertz CT molecular complexity index is 1400. The predicted molar refractivity (Wildman–Crippen MR) is 135 cm³/mol. The van der Waals surface area contributed by atoms with Gasteiger partial charge in [-0.1, -0.05) is 29.5 Å². The van der Waals surface area contributed by atoms with E-state index in [0.717, 1.165) is 60.6 Å². The third kappa shape index (κ3) is 4.49. The van der Waals surface area contributed by atoms with E-state index in [1.807, 2.05) is 13.0 Å². The van der Waals surface area contributed by atoms with Crippen LogP contribution in [0.25, 0.3) is 21.2 Å². The molecule has 1 amide bonds. The molecule has 1 aliphatic heterocycles. The lowest BCUT2D eigenvalue weighted by atomic mass is 10.1. The fraction of sp³-hybridized carbons (Fsp3) is 0.346. The molecule has 0 aliphatic carbocycles. The molecule has 2 aromatic heterocycles. The van der Waals surface area contributed by atoms with E-state index in [4.69, 9.17) is 14.1 Å². The van der Waals surface area contributed by atoms with Gasteiger partial charge in [-0.25, -0.2) is 4.98 Å². The van der Waals surface area contributed by atoms with Gasteiger partial charge in [-0.2, -0.15) is 0 Å². The summed E-state index contributed by atoms with van der Waals surface area (Å²) in [6.07, 6.45) is 0.775. The lowest BCUT2D eigenvalue weighted by Crippen LogP contribution is -2.39. The molecule has 176 valence electrons. The monoisotopic (exact) mass is 477 g/mol. The van der Waals surface area contributed by atoms with Gasteiger partial charge in [0.15, 0.2) is 16.3 Å². The lowest BCUT2D eigenvalue weighted by Gasteiger charge is -2.27. The molecule has 7 nitrogen and oxygen atoms in total. The van der Waals surface area contributed by atoms with Crippen molar-refractivity contribution < 1.29 is 13.9 Å². The number of carbonyl (C=O) groups is 1. The van der Waals surface area contributed by atoms with Gasteiger partial charge in [0.2, 0.25) is 0 Å². The van der Waals surface area contributed by atoms with Gasteiger partial charge in [0, 0.05) is 32.2 Å². The SMILES string of the molecule is Cc1ccc2sc(N(CCCN3CCOCC3)C(=O)c3cc(=O)c4ccccc4o3)nc2c1C. The van der Waals surface area contributed by atoms with Crippen molar-refractivity contribution in [1.29, 1.82) is 0 Å². The van der Waals surface area contributed by atoms with Crippen molar-refractivity contribution in [2.45, 2.75) is 20.3 Å². The smallest absolute Gasteiger partial charge is 0.295 e. The Morgan fingerprint density at radius 2 is 1.94 bits per heavy atom. The van der Waals surface area contributed by atoms with Gasteiger partial charge in [0.05, 0.1) is 28.8 Å². The number of hydrogen-bond acceptors (Lipinski definition) is 7. The van der Waals surface area contributed by atoms with Crippen LogP contribution in [0.2, 0.25) is 0 Å². The quantitative estimate of drug-likeness (QED) is 0.410. The van der Waals surface area contributed by atoms with Crippen molar-refractivity contribution in [2.75, 3.05) is 44.3 Å². The average Bonchev–Trinajstić information content (AvgIpc) is 3.29. The molecule has 0 unspecified atom stereocenters. The van der Waals surface area contributed by atoms with E-state index in [2.05, 4.69) is 17.9 Å². The maximum atomic E-state index is 13.7. The first-order valence-electron chi connectivity index (χ1n) is 11.5. The molecule has 4 aromatic rings. The summed E-state index contributed by atoms with van der Waals surface area (Å²) < 4.78 is 12.3. The van der Waals surface area contributed by atoms with Crippen LogP contribution < -0.4 is 10.3 Å². The van der Waals surface area contributed by atoms with E-state index >= 15 is 0 Å². The number of hydrogen-bond donors (Lipinski definition) is 0. The van der Waals surface area contributed by atoms with E-state index in [1.165, 1.54) is 17.4 Å². The normalized spacial score (nSPS) is 14.6. The van der Waals surface area contributed by atoms with Gasteiger partial charge >= 0.3 is 0 Å². The molecule has 3 heterocycles. The molecule has 1 aliphatic rings. The van der Waals surface area contributed by atoms with Gasteiger partial charge in [0.1, 0.15) is 5.58 Å². The Balaban J connectivity index is 1.49. The highest BCUT2D eigenvalue weighted by Gasteiger charge is 2.25. The zero-order valence-corrected chi connectivity index (χ0v) is 20.2. The van der Waals surface area contributed by atoms with Crippen molar-refractivity contribution in [3.05, 3.63) is 69.6 Å². The highest BCUT2D eigenvalue weighted by molar-refractivity contribution is 7.22. The average molecular weight is 478 g/mol. The summed E-state index contributed by atoms with van der Waals surface area (Å²) in [5, 5.41) is 1.08. The minimum Gasteiger partial charge on any atom is -0.451 e. The number of anilines is 1. The number of morpholine rings is 1. The van der Waals surface area contributed by atoms with E-state index in [9.17, 15) is 9.59 Å². The maximum Gasteiger partial charge on any atom is 0.295 e. The molecule has 0 N–H and O–H groups in total. The molecule has 2 aromatic carbocycles. The Morgan fingerprint density at radius 1 is 1.15 bits per heavy atom. The van der Waals surface area contributed by atoms with Gasteiger partial charge in [-0.05, 0) is 49.6 Å². The fourth-order valence-electron chi connectivity index (χ4n) is 4.23. The number of aromatic nitrogens is 1. The first kappa shape index (κ1) is 22.7. The summed E-state index contributed by atoms with van der Waals surface area (Å²) >= 11 is 1.49. The van der Waals surface area contributed by atoms with E-state index < -0.39 is 0 Å². The highest BCUT2D eigenvalue weighted by atomic mass is 32.1. The molecule has 0 saturated carbocycles. The summed E-state index contributed by atoms with van der Waals surface area (Å²) in [7, 11) is 0. The molecule has 8 heteroatoms. The second kappa shape index (κ2) is 9.66. The molecule has 1 fully saturated rings. The molecule has 0 radical (unpaired) electrons. The van der Waals surface area contributed by atoms with Crippen LogP contribution in [-0.4, -0.2) is 55.2 Å². The number of ether oxygens (including phenoxy) is 1. The Morgan fingerprint density at radius 3 is 2.76 bits per heavy atom. The van der Waals surface area contributed by atoms with Gasteiger partial charge < -0.3 is 9.15 Å². The number of para-hydroxylation sites is 1. The van der Waals surface area contributed by atoms with Crippen LogP contribution in [0.15, 0.2) is 51.7 Å². The summed E-state index contributed by atoms with van der Waals surface area (Å²) in [6.45, 7) is 8.71. The number of carbonyl (C=O) groups excluding carboxylic acids is 1. The van der Waals surface area contributed by atoms with Crippen LogP contribution in [0.4, 0.5) is 5.13 Å². The molecular formula is C26H27N3O4S. The standard InChI is InChI=1S/C26H27N3O4S/c1-17-8-9-23-24(18(17)2)27-26(34-23)29(11-5-10-28-12-14-32-15-13-28)25(31)22-16-20(30)19-6-3-4-7-21(19)33-22/h3-4,6-9,16H,5,10-15H2,1-2H3. The van der Waals surface area contributed by atoms with Gasteiger partial charge in [0.25, 0.3) is 5.91 Å². The van der Waals surface area contributed by atoms with Crippen LogP contribution in [0.5, 0.6) is 0 Å². The van der Waals surface area contributed by atoms with Gasteiger partial charge in [-0.3, -0.25) is 19.4 Å². The maximum absolute atomic E-state index is 13.7. The second-order valence-electron chi connectivity index (χ2n) is 8.59. The van der Waals surface area contributed by atoms with Crippen LogP contribution in [-0.2, 0) is 4.74 Å². The van der Waals surface area contributed by atoms with E-state index in [1.54, 1.807) is 29.2 Å². The topological polar surface area (TPSA) is 75.9 Å². The molecule has 0 bridgehead atoms. The molecule has 5 rings (SSSR count). The Hall–Kier alpha value is -3.07. The summed E-state index contributed by atoms with van der Waals surface area (Å²) in [4.78, 5) is 35.2. The predicted octanol–water partition coefficient (Wildman–Crippen LogP) is 4.39. The molecule has 34 heavy (non-hydrogen) atoms. The number of fused-ring (bicyclic) bond motifs is 2. The number of rotatable bonds is 6. The minimum absolute atomic E-state index is 0.0298. The van der Waals surface area contributed by atoms with Crippen LogP contribution >= 0.6 is 11.3 Å². The number of aryl methyl sites for hydroxylation is 2. The van der Waals surface area contributed by atoms with Crippen LogP contribution in [0, 0.1) is 13.8 Å². The Kier molecular flexibility index (Phi) is 6.45. The third-order valence-electron chi connectivity index (χ3n) is 6.35. The zero-order valence-electron chi connectivity index (χ0n) is 19.4. The number of benzene rings is 2. The highest BCUT2D eigenvalue weighted by Crippen LogP contribution is 2.33. The largest absolute Gasteiger partial charge is 0.451 e. The lowest BCUT2D eigenvalue weighted by molar-refractivity contribution is 0.0376. The minimum atomic E-state index is -0.349. The first-order chi connectivity index (χ1) is 16.5. The Labute approximate surface area is 201 Å².